The highest BCUT2D eigenvalue weighted by Gasteiger charge is 2.09. The van der Waals surface area contributed by atoms with E-state index in [1.54, 1.807) is 23.6 Å². The van der Waals surface area contributed by atoms with Gasteiger partial charge in [-0.1, -0.05) is 0 Å². The predicted octanol–water partition coefficient (Wildman–Crippen LogP) is 2.79. The van der Waals surface area contributed by atoms with E-state index in [-0.39, 0.29) is 5.82 Å². The van der Waals surface area contributed by atoms with Crippen molar-refractivity contribution in [3.63, 3.8) is 0 Å². The molecule has 0 aliphatic carbocycles. The zero-order valence-corrected chi connectivity index (χ0v) is 9.34. The summed E-state index contributed by atoms with van der Waals surface area (Å²) in [4.78, 5) is 13.8. The molecule has 0 aliphatic heterocycles. The number of aldehydes is 1. The molecule has 5 heteroatoms. The van der Waals surface area contributed by atoms with Crippen molar-refractivity contribution in [2.24, 2.45) is 0 Å². The fraction of sp³-hybridized carbons (Fsp3) is 0.0909. The maximum atomic E-state index is 12.8. The Morgan fingerprint density at radius 1 is 1.38 bits per heavy atom. The zero-order chi connectivity index (χ0) is 11.7. The topological polar surface area (TPSA) is 37.8 Å². The van der Waals surface area contributed by atoms with Gasteiger partial charge in [-0.05, 0) is 43.4 Å². The number of nitrogens with zero attached hydrogens (tertiary/aromatic N) is 1. The van der Waals surface area contributed by atoms with E-state index in [0.29, 0.717) is 21.8 Å². The Kier molecular flexibility index (Phi) is 2.70. The largest absolute Gasteiger partial charge is 0.334 e. The van der Waals surface area contributed by atoms with Crippen LogP contribution in [0.5, 0.6) is 0 Å². The van der Waals surface area contributed by atoms with Crippen molar-refractivity contribution in [3.8, 4) is 5.69 Å². The molecule has 2 aromatic rings. The first-order chi connectivity index (χ1) is 7.63. The number of aromatic nitrogens is 2. The lowest BCUT2D eigenvalue weighted by Crippen LogP contribution is -2.00. The van der Waals surface area contributed by atoms with Crippen LogP contribution in [0.25, 0.3) is 5.69 Å². The van der Waals surface area contributed by atoms with Gasteiger partial charge in [-0.2, -0.15) is 0 Å². The lowest BCUT2D eigenvalue weighted by Gasteiger charge is -2.04. The molecular weight excluding hydrogens is 227 g/mol. The van der Waals surface area contributed by atoms with Gasteiger partial charge in [-0.3, -0.25) is 9.36 Å². The van der Waals surface area contributed by atoms with Crippen molar-refractivity contribution < 1.29 is 9.18 Å². The molecule has 2 rings (SSSR count). The van der Waals surface area contributed by atoms with E-state index in [2.05, 4.69) is 4.98 Å². The van der Waals surface area contributed by atoms with Gasteiger partial charge in [0.1, 0.15) is 11.5 Å². The standard InChI is InChI=1S/C11H9FN2OS/c1-7-10(6-15)14(11(16)13-7)9-4-2-8(12)3-5-9/h2-6H,1H3,(H,13,16). The Balaban J connectivity index is 2.68. The summed E-state index contributed by atoms with van der Waals surface area (Å²) < 4.78 is 14.8. The van der Waals surface area contributed by atoms with E-state index in [0.717, 1.165) is 6.29 Å². The maximum absolute atomic E-state index is 12.8. The molecular formula is C11H9FN2OS. The second-order valence-electron chi connectivity index (χ2n) is 3.37. The Bertz CT molecular complexity index is 583. The van der Waals surface area contributed by atoms with E-state index < -0.39 is 0 Å². The predicted molar refractivity (Wildman–Crippen MR) is 61.0 cm³/mol. The number of aromatic amines is 1. The summed E-state index contributed by atoms with van der Waals surface area (Å²) in [5.41, 5.74) is 1.82. The monoisotopic (exact) mass is 236 g/mol. The van der Waals surface area contributed by atoms with E-state index in [1.807, 2.05) is 0 Å². The first-order valence-electron chi connectivity index (χ1n) is 4.66. The second-order valence-corrected chi connectivity index (χ2v) is 3.76. The van der Waals surface area contributed by atoms with Crippen LogP contribution in [0.15, 0.2) is 24.3 Å². The molecule has 1 N–H and O–H groups in total. The average molecular weight is 236 g/mol. The van der Waals surface area contributed by atoms with Crippen molar-refractivity contribution in [1.29, 1.82) is 0 Å². The van der Waals surface area contributed by atoms with E-state index >= 15 is 0 Å². The molecule has 0 bridgehead atoms. The molecule has 0 atom stereocenters. The summed E-state index contributed by atoms with van der Waals surface area (Å²) in [5.74, 6) is -0.324. The number of nitrogens with one attached hydrogen (secondary N) is 1. The molecule has 16 heavy (non-hydrogen) atoms. The van der Waals surface area contributed by atoms with Crippen LogP contribution in [0.3, 0.4) is 0 Å². The minimum atomic E-state index is -0.324. The van der Waals surface area contributed by atoms with Gasteiger partial charge in [0.15, 0.2) is 11.1 Å². The Hall–Kier alpha value is -1.75. The smallest absolute Gasteiger partial charge is 0.182 e. The highest BCUT2D eigenvalue weighted by molar-refractivity contribution is 7.71. The van der Waals surface area contributed by atoms with Crippen molar-refractivity contribution in [2.45, 2.75) is 6.92 Å². The van der Waals surface area contributed by atoms with E-state index in [9.17, 15) is 9.18 Å². The zero-order valence-electron chi connectivity index (χ0n) is 8.53. The molecule has 1 aromatic carbocycles. The first-order valence-corrected chi connectivity index (χ1v) is 5.07. The molecule has 0 amide bonds. The summed E-state index contributed by atoms with van der Waals surface area (Å²) in [6.45, 7) is 1.76. The Morgan fingerprint density at radius 3 is 2.56 bits per heavy atom. The van der Waals surface area contributed by atoms with Crippen LogP contribution in [-0.2, 0) is 0 Å². The number of aryl methyl sites for hydroxylation is 1. The first kappa shape index (κ1) is 10.8. The number of hydrogen-bond donors (Lipinski definition) is 1. The molecule has 0 aliphatic rings. The molecule has 0 radical (unpaired) electrons. The lowest BCUT2D eigenvalue weighted by molar-refractivity contribution is 0.111. The summed E-state index contributed by atoms with van der Waals surface area (Å²) in [6, 6.07) is 5.80. The van der Waals surface area contributed by atoms with Crippen LogP contribution in [0, 0.1) is 17.5 Å². The molecule has 1 aromatic heterocycles. The maximum Gasteiger partial charge on any atom is 0.182 e. The van der Waals surface area contributed by atoms with Crippen molar-refractivity contribution in [1.82, 2.24) is 9.55 Å². The van der Waals surface area contributed by atoms with Crippen LogP contribution >= 0.6 is 12.2 Å². The number of H-pyrrole nitrogens is 1. The van der Waals surface area contributed by atoms with Crippen molar-refractivity contribution in [2.75, 3.05) is 0 Å². The van der Waals surface area contributed by atoms with Crippen LogP contribution in [0.4, 0.5) is 4.39 Å². The summed E-state index contributed by atoms with van der Waals surface area (Å²) >= 11 is 5.10. The number of carbonyl (C=O) groups excluding carboxylic acids is 1. The second kappa shape index (κ2) is 4.02. The number of halogens is 1. The van der Waals surface area contributed by atoms with Crippen LogP contribution < -0.4 is 0 Å². The molecule has 0 saturated carbocycles. The van der Waals surface area contributed by atoms with E-state index in [1.165, 1.54) is 12.1 Å². The summed E-state index contributed by atoms with van der Waals surface area (Å²) in [5, 5.41) is 0. The van der Waals surface area contributed by atoms with Gasteiger partial charge in [0.2, 0.25) is 0 Å². The number of benzene rings is 1. The minimum Gasteiger partial charge on any atom is -0.334 e. The van der Waals surface area contributed by atoms with Gasteiger partial charge in [0.25, 0.3) is 0 Å². The highest BCUT2D eigenvalue weighted by Crippen LogP contribution is 2.15. The number of imidazole rings is 1. The van der Waals surface area contributed by atoms with Crippen LogP contribution in [-0.4, -0.2) is 15.8 Å². The minimum absolute atomic E-state index is 0.324. The molecule has 1 heterocycles. The molecule has 82 valence electrons. The Morgan fingerprint density at radius 2 is 2.00 bits per heavy atom. The van der Waals surface area contributed by atoms with Crippen LogP contribution in [0.2, 0.25) is 0 Å². The average Bonchev–Trinajstić information content (AvgIpc) is 2.54. The third kappa shape index (κ3) is 1.69. The molecule has 0 saturated heterocycles. The third-order valence-corrected chi connectivity index (χ3v) is 2.60. The van der Waals surface area contributed by atoms with Gasteiger partial charge in [0.05, 0.1) is 0 Å². The molecule has 0 spiro atoms. The molecule has 3 nitrogen and oxygen atoms in total. The molecule has 0 unspecified atom stereocenters. The highest BCUT2D eigenvalue weighted by atomic mass is 32.1. The van der Waals surface area contributed by atoms with Crippen molar-refractivity contribution >= 4 is 18.5 Å². The number of hydrogen-bond acceptors (Lipinski definition) is 2. The van der Waals surface area contributed by atoms with Gasteiger partial charge < -0.3 is 4.98 Å². The van der Waals surface area contributed by atoms with Gasteiger partial charge in [-0.15, -0.1) is 0 Å². The third-order valence-electron chi connectivity index (χ3n) is 2.32. The SMILES string of the molecule is Cc1[nH]c(=S)n(-c2ccc(F)cc2)c1C=O. The van der Waals surface area contributed by atoms with Crippen LogP contribution in [0.1, 0.15) is 16.2 Å². The quantitative estimate of drug-likeness (QED) is 0.643. The fourth-order valence-corrected chi connectivity index (χ4v) is 1.90. The molecule has 0 fully saturated rings. The fourth-order valence-electron chi connectivity index (χ4n) is 1.55. The van der Waals surface area contributed by atoms with Gasteiger partial charge in [-0.25, -0.2) is 4.39 Å². The summed E-state index contributed by atoms with van der Waals surface area (Å²) in [7, 11) is 0. The lowest BCUT2D eigenvalue weighted by atomic mass is 10.3. The van der Waals surface area contributed by atoms with Crippen molar-refractivity contribution in [3.05, 3.63) is 46.2 Å². The Labute approximate surface area is 96.5 Å². The van der Waals surface area contributed by atoms with E-state index in [4.69, 9.17) is 12.2 Å². The van der Waals surface area contributed by atoms with Gasteiger partial charge in [0, 0.05) is 11.4 Å². The number of carbonyl (C=O) groups is 1. The van der Waals surface area contributed by atoms with Gasteiger partial charge >= 0.3 is 0 Å². The number of rotatable bonds is 2. The normalized spacial score (nSPS) is 10.4. The summed E-state index contributed by atoms with van der Waals surface area (Å²) in [6.07, 6.45) is 0.727.